The number of hydrogen-bond donors (Lipinski definition) is 0. The average molecular weight is 238 g/mol. The van der Waals surface area contributed by atoms with Crippen LogP contribution >= 0.6 is 11.8 Å². The number of imide groups is 1. The molecule has 0 radical (unpaired) electrons. The van der Waals surface area contributed by atoms with Crippen molar-refractivity contribution in [2.75, 3.05) is 10.7 Å². The van der Waals surface area contributed by atoms with E-state index in [0.29, 0.717) is 5.69 Å². The number of amides is 2. The third-order valence-corrected chi connectivity index (χ3v) is 2.89. The van der Waals surface area contributed by atoms with E-state index in [1.54, 1.807) is 0 Å². The molecule has 0 atom stereocenters. The third kappa shape index (κ3) is 1.76. The van der Waals surface area contributed by atoms with Crippen LogP contribution in [0.15, 0.2) is 24.3 Å². The van der Waals surface area contributed by atoms with Gasteiger partial charge in [-0.05, 0) is 12.1 Å². The monoisotopic (exact) mass is 238 g/mol. The van der Waals surface area contributed by atoms with E-state index in [4.69, 9.17) is 0 Å². The summed E-state index contributed by atoms with van der Waals surface area (Å²) in [6.45, 7) is 0. The topological polar surface area (TPSA) is 80.5 Å². The van der Waals surface area contributed by atoms with Gasteiger partial charge in [-0.1, -0.05) is 11.8 Å². The lowest BCUT2D eigenvalue weighted by atomic mass is 10.2. The van der Waals surface area contributed by atoms with E-state index in [9.17, 15) is 19.7 Å². The molecule has 1 aromatic carbocycles. The van der Waals surface area contributed by atoms with Gasteiger partial charge in [0.25, 0.3) is 10.9 Å². The molecule has 82 valence electrons. The van der Waals surface area contributed by atoms with Gasteiger partial charge in [-0.25, -0.2) is 4.90 Å². The van der Waals surface area contributed by atoms with Crippen LogP contribution in [0.4, 0.5) is 16.2 Å². The highest BCUT2D eigenvalue weighted by Gasteiger charge is 2.31. The molecule has 0 aliphatic carbocycles. The summed E-state index contributed by atoms with van der Waals surface area (Å²) in [6.07, 6.45) is 0. The van der Waals surface area contributed by atoms with Gasteiger partial charge in [0.1, 0.15) is 0 Å². The minimum Gasteiger partial charge on any atom is -0.273 e. The molecule has 1 aromatic rings. The third-order valence-electron chi connectivity index (χ3n) is 2.07. The molecule has 0 bridgehead atoms. The van der Waals surface area contributed by atoms with Gasteiger partial charge in [0, 0.05) is 12.1 Å². The second kappa shape index (κ2) is 3.93. The van der Waals surface area contributed by atoms with Crippen molar-refractivity contribution in [2.24, 2.45) is 0 Å². The number of rotatable bonds is 2. The van der Waals surface area contributed by atoms with E-state index in [-0.39, 0.29) is 22.6 Å². The predicted octanol–water partition coefficient (Wildman–Crippen LogP) is 1.79. The van der Waals surface area contributed by atoms with Crippen molar-refractivity contribution in [1.29, 1.82) is 0 Å². The minimum atomic E-state index is -0.536. The molecule has 7 heteroatoms. The SMILES string of the molecule is O=C1CSC(=O)N1c1ccc([N+](=O)[O-])cc1. The molecule has 6 nitrogen and oxygen atoms in total. The number of carbonyl (C=O) groups excluding carboxylic acids is 2. The summed E-state index contributed by atoms with van der Waals surface area (Å²) in [5.74, 6) is -0.181. The zero-order valence-corrected chi connectivity index (χ0v) is 8.77. The molecule has 1 saturated heterocycles. The van der Waals surface area contributed by atoms with E-state index >= 15 is 0 Å². The van der Waals surface area contributed by atoms with Gasteiger partial charge in [-0.3, -0.25) is 19.7 Å². The summed E-state index contributed by atoms with van der Waals surface area (Å²) in [4.78, 5) is 33.6. The van der Waals surface area contributed by atoms with Crippen LogP contribution in [-0.4, -0.2) is 21.8 Å². The molecule has 0 unspecified atom stereocenters. The van der Waals surface area contributed by atoms with Crippen LogP contribution < -0.4 is 4.90 Å². The minimum absolute atomic E-state index is 0.0736. The first-order valence-electron chi connectivity index (χ1n) is 4.34. The molecule has 0 aromatic heterocycles. The van der Waals surface area contributed by atoms with Gasteiger partial charge < -0.3 is 0 Å². The molecule has 2 rings (SSSR count). The zero-order chi connectivity index (χ0) is 11.7. The molecule has 0 N–H and O–H groups in total. The second-order valence-electron chi connectivity index (χ2n) is 3.06. The molecule has 1 heterocycles. The van der Waals surface area contributed by atoms with Crippen molar-refractivity contribution < 1.29 is 14.5 Å². The van der Waals surface area contributed by atoms with E-state index < -0.39 is 4.92 Å². The van der Waals surface area contributed by atoms with Crippen LogP contribution in [0, 0.1) is 10.1 Å². The Labute approximate surface area is 94.4 Å². The highest BCUT2D eigenvalue weighted by Crippen LogP contribution is 2.27. The van der Waals surface area contributed by atoms with Crippen LogP contribution in [0.2, 0.25) is 0 Å². The van der Waals surface area contributed by atoms with Crippen LogP contribution in [0.1, 0.15) is 0 Å². The fourth-order valence-corrected chi connectivity index (χ4v) is 2.04. The molecule has 1 aliphatic rings. The fourth-order valence-electron chi connectivity index (χ4n) is 1.33. The summed E-state index contributed by atoms with van der Waals surface area (Å²) in [5.41, 5.74) is 0.293. The maximum absolute atomic E-state index is 11.4. The Kier molecular flexibility index (Phi) is 2.61. The lowest BCUT2D eigenvalue weighted by Crippen LogP contribution is -2.27. The predicted molar refractivity (Wildman–Crippen MR) is 58.4 cm³/mol. The first-order valence-corrected chi connectivity index (χ1v) is 5.32. The largest absolute Gasteiger partial charge is 0.293 e. The van der Waals surface area contributed by atoms with Crippen LogP contribution in [0.5, 0.6) is 0 Å². The van der Waals surface area contributed by atoms with Crippen molar-refractivity contribution >= 4 is 34.3 Å². The number of non-ortho nitro benzene ring substituents is 1. The molecular formula is C9H6N2O4S. The highest BCUT2D eigenvalue weighted by molar-refractivity contribution is 8.15. The molecule has 2 amide bonds. The Bertz CT molecular complexity index is 455. The van der Waals surface area contributed by atoms with Gasteiger partial charge in [0.15, 0.2) is 0 Å². The lowest BCUT2D eigenvalue weighted by molar-refractivity contribution is -0.384. The summed E-state index contributed by atoms with van der Waals surface area (Å²) in [5, 5.41) is 10.1. The Morgan fingerprint density at radius 3 is 2.31 bits per heavy atom. The zero-order valence-electron chi connectivity index (χ0n) is 7.95. The van der Waals surface area contributed by atoms with Crippen LogP contribution in [-0.2, 0) is 4.79 Å². The summed E-state index contributed by atoms with van der Waals surface area (Å²) >= 11 is 0.922. The molecular weight excluding hydrogens is 232 g/mol. The van der Waals surface area contributed by atoms with E-state index in [0.717, 1.165) is 16.7 Å². The standard InChI is InChI=1S/C9H6N2O4S/c12-8-5-16-9(13)10(8)6-1-3-7(4-2-6)11(14)15/h1-4H,5H2. The highest BCUT2D eigenvalue weighted by atomic mass is 32.2. The molecule has 0 saturated carbocycles. The number of hydrogen-bond acceptors (Lipinski definition) is 5. The second-order valence-corrected chi connectivity index (χ2v) is 3.98. The van der Waals surface area contributed by atoms with Crippen LogP contribution in [0.3, 0.4) is 0 Å². The molecule has 1 fully saturated rings. The van der Waals surface area contributed by atoms with Crippen LogP contribution in [0.25, 0.3) is 0 Å². The Balaban J connectivity index is 2.31. The number of anilines is 1. The lowest BCUT2D eigenvalue weighted by Gasteiger charge is -2.11. The van der Waals surface area contributed by atoms with Crippen molar-refractivity contribution in [3.63, 3.8) is 0 Å². The van der Waals surface area contributed by atoms with Gasteiger partial charge >= 0.3 is 0 Å². The van der Waals surface area contributed by atoms with E-state index in [2.05, 4.69) is 0 Å². The number of nitro groups is 1. The fraction of sp³-hybridized carbons (Fsp3) is 0.111. The molecule has 1 aliphatic heterocycles. The van der Waals surface area contributed by atoms with E-state index in [1.165, 1.54) is 24.3 Å². The number of benzene rings is 1. The Morgan fingerprint density at radius 2 is 1.88 bits per heavy atom. The molecule has 16 heavy (non-hydrogen) atoms. The van der Waals surface area contributed by atoms with Gasteiger partial charge in [0.2, 0.25) is 5.91 Å². The number of nitro benzene ring substituents is 1. The Hall–Kier alpha value is -1.89. The summed E-state index contributed by atoms with van der Waals surface area (Å²) in [7, 11) is 0. The summed E-state index contributed by atoms with van der Waals surface area (Å²) < 4.78 is 0. The first kappa shape index (κ1) is 10.6. The van der Waals surface area contributed by atoms with Crippen molar-refractivity contribution in [3.8, 4) is 0 Å². The quantitative estimate of drug-likeness (QED) is 0.579. The van der Waals surface area contributed by atoms with Gasteiger partial charge in [-0.15, -0.1) is 0 Å². The Morgan fingerprint density at radius 1 is 1.25 bits per heavy atom. The molecule has 0 spiro atoms. The smallest absolute Gasteiger partial charge is 0.273 e. The van der Waals surface area contributed by atoms with Gasteiger partial charge in [0.05, 0.1) is 16.4 Å². The maximum Gasteiger partial charge on any atom is 0.293 e. The van der Waals surface area contributed by atoms with E-state index in [1.807, 2.05) is 0 Å². The number of thioether (sulfide) groups is 1. The maximum atomic E-state index is 11.4. The van der Waals surface area contributed by atoms with Gasteiger partial charge in [-0.2, -0.15) is 0 Å². The average Bonchev–Trinajstić information content (AvgIpc) is 2.59. The normalized spacial score (nSPS) is 15.6. The van der Waals surface area contributed by atoms with Crippen molar-refractivity contribution in [3.05, 3.63) is 34.4 Å². The number of carbonyl (C=O) groups is 2. The van der Waals surface area contributed by atoms with Crippen molar-refractivity contribution in [2.45, 2.75) is 0 Å². The summed E-state index contributed by atoms with van der Waals surface area (Å²) in [6, 6.07) is 5.30. The first-order chi connectivity index (χ1) is 7.59. The number of nitrogens with zero attached hydrogens (tertiary/aromatic N) is 2. The van der Waals surface area contributed by atoms with Crippen molar-refractivity contribution in [1.82, 2.24) is 0 Å².